The summed E-state index contributed by atoms with van der Waals surface area (Å²) in [6.45, 7) is 2.02. The Kier molecular flexibility index (Phi) is 2.57. The van der Waals surface area contributed by atoms with Crippen LogP contribution in [0.25, 0.3) is 0 Å². The van der Waals surface area contributed by atoms with E-state index in [9.17, 15) is 0 Å². The molecule has 4 N–H and O–H groups in total. The Labute approximate surface area is 85.3 Å². The van der Waals surface area contributed by atoms with Crippen LogP contribution in [0, 0.1) is 0 Å². The zero-order valence-corrected chi connectivity index (χ0v) is 8.66. The predicted molar refractivity (Wildman–Crippen MR) is 59.0 cm³/mol. The molecule has 2 rings (SSSR count). The molecule has 0 saturated carbocycles. The number of benzene rings is 1. The van der Waals surface area contributed by atoms with Crippen molar-refractivity contribution < 1.29 is 0 Å². The maximum absolute atomic E-state index is 5.94. The van der Waals surface area contributed by atoms with Gasteiger partial charge in [0, 0.05) is 12.1 Å². The van der Waals surface area contributed by atoms with Crippen molar-refractivity contribution in [1.82, 2.24) is 0 Å². The van der Waals surface area contributed by atoms with Crippen molar-refractivity contribution in [3.8, 4) is 0 Å². The lowest BCUT2D eigenvalue weighted by Gasteiger charge is -2.22. The second kappa shape index (κ2) is 3.71. The van der Waals surface area contributed by atoms with E-state index in [0.29, 0.717) is 6.04 Å². The van der Waals surface area contributed by atoms with Crippen molar-refractivity contribution in [3.63, 3.8) is 0 Å². The van der Waals surface area contributed by atoms with Gasteiger partial charge >= 0.3 is 0 Å². The molecule has 0 fully saturated rings. The molecule has 0 bridgehead atoms. The molecule has 2 nitrogen and oxygen atoms in total. The van der Waals surface area contributed by atoms with E-state index in [4.69, 9.17) is 11.5 Å². The van der Waals surface area contributed by atoms with Crippen LogP contribution in [0.4, 0.5) is 0 Å². The van der Waals surface area contributed by atoms with Crippen LogP contribution >= 0.6 is 0 Å². The van der Waals surface area contributed by atoms with Crippen LogP contribution in [-0.2, 0) is 12.8 Å². The van der Waals surface area contributed by atoms with Gasteiger partial charge in [0.1, 0.15) is 0 Å². The van der Waals surface area contributed by atoms with E-state index in [2.05, 4.69) is 18.2 Å². The standard InChI is InChI=1S/C12H18N2/c1-8(13)10-3-2-9-4-5-12(14)7-11(9)6-10/h2-3,6,8,12H,4-5,7,13-14H2,1H3. The quantitative estimate of drug-likeness (QED) is 0.705. The molecule has 2 atom stereocenters. The summed E-state index contributed by atoms with van der Waals surface area (Å²) in [6, 6.07) is 7.03. The molecule has 0 spiro atoms. The fourth-order valence-corrected chi connectivity index (χ4v) is 2.09. The third-order valence-corrected chi connectivity index (χ3v) is 3.02. The summed E-state index contributed by atoms with van der Waals surface area (Å²) in [4.78, 5) is 0. The zero-order valence-electron chi connectivity index (χ0n) is 8.66. The first-order valence-electron chi connectivity index (χ1n) is 5.29. The van der Waals surface area contributed by atoms with Gasteiger partial charge in [-0.25, -0.2) is 0 Å². The first-order chi connectivity index (χ1) is 6.66. The van der Waals surface area contributed by atoms with E-state index < -0.39 is 0 Å². The number of aryl methyl sites for hydroxylation is 1. The molecule has 0 heterocycles. The predicted octanol–water partition coefficient (Wildman–Crippen LogP) is 1.52. The number of hydrogen-bond donors (Lipinski definition) is 2. The minimum Gasteiger partial charge on any atom is -0.327 e. The molecule has 0 aromatic heterocycles. The molecule has 2 heteroatoms. The highest BCUT2D eigenvalue weighted by Gasteiger charge is 2.15. The molecule has 76 valence electrons. The van der Waals surface area contributed by atoms with Gasteiger partial charge in [-0.15, -0.1) is 0 Å². The number of rotatable bonds is 1. The van der Waals surface area contributed by atoms with Crippen LogP contribution in [-0.4, -0.2) is 6.04 Å². The number of fused-ring (bicyclic) bond motifs is 1. The monoisotopic (exact) mass is 190 g/mol. The number of hydrogen-bond acceptors (Lipinski definition) is 2. The largest absolute Gasteiger partial charge is 0.327 e. The summed E-state index contributed by atoms with van der Waals surface area (Å²) in [5, 5.41) is 0. The van der Waals surface area contributed by atoms with Gasteiger partial charge in [-0.05, 0) is 42.9 Å². The van der Waals surface area contributed by atoms with Gasteiger partial charge in [0.15, 0.2) is 0 Å². The lowest BCUT2D eigenvalue weighted by Crippen LogP contribution is -2.28. The molecule has 1 aromatic carbocycles. The molecule has 0 saturated heterocycles. The first kappa shape index (κ1) is 9.69. The Balaban J connectivity index is 2.33. The van der Waals surface area contributed by atoms with E-state index in [-0.39, 0.29) is 6.04 Å². The van der Waals surface area contributed by atoms with Crippen LogP contribution in [0.15, 0.2) is 18.2 Å². The highest BCUT2D eigenvalue weighted by atomic mass is 14.6. The molecule has 0 amide bonds. The van der Waals surface area contributed by atoms with Gasteiger partial charge in [-0.3, -0.25) is 0 Å². The van der Waals surface area contributed by atoms with Crippen LogP contribution in [0.2, 0.25) is 0 Å². The minimum absolute atomic E-state index is 0.124. The van der Waals surface area contributed by atoms with Crippen LogP contribution < -0.4 is 11.5 Å². The summed E-state index contributed by atoms with van der Waals surface area (Å²) in [6.07, 6.45) is 3.25. The Morgan fingerprint density at radius 1 is 1.36 bits per heavy atom. The first-order valence-corrected chi connectivity index (χ1v) is 5.29. The van der Waals surface area contributed by atoms with Crippen molar-refractivity contribution in [3.05, 3.63) is 34.9 Å². The van der Waals surface area contributed by atoms with Crippen molar-refractivity contribution in [2.75, 3.05) is 0 Å². The summed E-state index contributed by atoms with van der Waals surface area (Å²) in [7, 11) is 0. The van der Waals surface area contributed by atoms with E-state index in [0.717, 1.165) is 19.3 Å². The van der Waals surface area contributed by atoms with Gasteiger partial charge < -0.3 is 11.5 Å². The van der Waals surface area contributed by atoms with Gasteiger partial charge in [0.05, 0.1) is 0 Å². The average molecular weight is 190 g/mol. The molecule has 0 radical (unpaired) electrons. The third-order valence-electron chi connectivity index (χ3n) is 3.02. The van der Waals surface area contributed by atoms with Crippen LogP contribution in [0.3, 0.4) is 0 Å². The number of nitrogens with two attached hydrogens (primary N) is 2. The molecular formula is C12H18N2. The molecule has 1 aromatic rings. The highest BCUT2D eigenvalue weighted by Crippen LogP contribution is 2.23. The van der Waals surface area contributed by atoms with Gasteiger partial charge in [-0.1, -0.05) is 18.2 Å². The van der Waals surface area contributed by atoms with Crippen LogP contribution in [0.1, 0.15) is 36.1 Å². The summed E-state index contributed by atoms with van der Waals surface area (Å²) < 4.78 is 0. The smallest absolute Gasteiger partial charge is 0.0266 e. The van der Waals surface area contributed by atoms with Crippen LogP contribution in [0.5, 0.6) is 0 Å². The Bertz CT molecular complexity index is 331. The summed E-state index contributed by atoms with van der Waals surface area (Å²) in [5.41, 5.74) is 15.9. The molecular weight excluding hydrogens is 172 g/mol. The fourth-order valence-electron chi connectivity index (χ4n) is 2.09. The van der Waals surface area contributed by atoms with Gasteiger partial charge in [0.25, 0.3) is 0 Å². The van der Waals surface area contributed by atoms with Crippen molar-refractivity contribution in [1.29, 1.82) is 0 Å². The SMILES string of the molecule is CC(N)c1ccc2c(c1)CC(N)CC2. The molecule has 14 heavy (non-hydrogen) atoms. The molecule has 1 aliphatic carbocycles. The Hall–Kier alpha value is -0.860. The van der Waals surface area contributed by atoms with Gasteiger partial charge in [0.2, 0.25) is 0 Å². The van der Waals surface area contributed by atoms with E-state index >= 15 is 0 Å². The Morgan fingerprint density at radius 3 is 2.86 bits per heavy atom. The van der Waals surface area contributed by atoms with Crippen molar-refractivity contribution >= 4 is 0 Å². The lowest BCUT2D eigenvalue weighted by molar-refractivity contribution is 0.575. The molecule has 1 aliphatic rings. The van der Waals surface area contributed by atoms with E-state index in [1.807, 2.05) is 6.92 Å². The van der Waals surface area contributed by atoms with Crippen molar-refractivity contribution in [2.24, 2.45) is 11.5 Å². The van der Waals surface area contributed by atoms with Crippen molar-refractivity contribution in [2.45, 2.75) is 38.3 Å². The highest BCUT2D eigenvalue weighted by molar-refractivity contribution is 5.35. The normalized spacial score (nSPS) is 22.9. The minimum atomic E-state index is 0.124. The summed E-state index contributed by atoms with van der Waals surface area (Å²) >= 11 is 0. The average Bonchev–Trinajstić information content (AvgIpc) is 2.16. The van der Waals surface area contributed by atoms with Gasteiger partial charge in [-0.2, -0.15) is 0 Å². The fraction of sp³-hybridized carbons (Fsp3) is 0.500. The van der Waals surface area contributed by atoms with E-state index in [1.165, 1.54) is 16.7 Å². The third kappa shape index (κ3) is 1.81. The second-order valence-corrected chi connectivity index (χ2v) is 4.32. The maximum Gasteiger partial charge on any atom is 0.0266 e. The molecule has 0 aliphatic heterocycles. The topological polar surface area (TPSA) is 52.0 Å². The molecule has 2 unspecified atom stereocenters. The second-order valence-electron chi connectivity index (χ2n) is 4.32. The lowest BCUT2D eigenvalue weighted by atomic mass is 9.87. The maximum atomic E-state index is 5.94. The zero-order chi connectivity index (χ0) is 10.1. The Morgan fingerprint density at radius 2 is 2.14 bits per heavy atom. The summed E-state index contributed by atoms with van der Waals surface area (Å²) in [5.74, 6) is 0. The van der Waals surface area contributed by atoms with E-state index in [1.54, 1.807) is 0 Å².